The number of sulfonamides is 1. The van der Waals surface area contributed by atoms with Gasteiger partial charge in [-0.25, -0.2) is 4.98 Å². The summed E-state index contributed by atoms with van der Waals surface area (Å²) in [6.45, 7) is 4.25. The molecule has 1 fully saturated rings. The number of hydrogen-bond acceptors (Lipinski definition) is 5. The first kappa shape index (κ1) is 16.1. The Hall–Kier alpha value is -1.77. The highest BCUT2D eigenvalue weighted by Crippen LogP contribution is 2.31. The monoisotopic (exact) mass is 356 g/mol. The van der Waals surface area contributed by atoms with Crippen molar-refractivity contribution < 1.29 is 13.2 Å². The third-order valence-electron chi connectivity index (χ3n) is 3.59. The lowest BCUT2D eigenvalue weighted by molar-refractivity contribution is 0.123. The van der Waals surface area contributed by atoms with Crippen LogP contribution in [0, 0.1) is 6.92 Å². The number of imidazole rings is 1. The number of nitrogens with zero attached hydrogens (tertiary/aromatic N) is 2. The number of aromatic amines is 1. The van der Waals surface area contributed by atoms with Crippen LogP contribution in [0.4, 0.5) is 11.4 Å². The van der Waals surface area contributed by atoms with E-state index >= 15 is 0 Å². The highest BCUT2D eigenvalue weighted by atomic mass is 35.5. The minimum Gasteiger partial charge on any atom is -0.378 e. The molecule has 1 aliphatic rings. The van der Waals surface area contributed by atoms with Gasteiger partial charge in [-0.05, 0) is 25.1 Å². The molecule has 1 saturated heterocycles. The average Bonchev–Trinajstić information content (AvgIpc) is 2.95. The molecule has 7 nitrogen and oxygen atoms in total. The maximum absolute atomic E-state index is 12.5. The Labute approximate surface area is 139 Å². The predicted octanol–water partition coefficient (Wildman–Crippen LogP) is 2.01. The first-order valence-corrected chi connectivity index (χ1v) is 8.98. The highest BCUT2D eigenvalue weighted by molar-refractivity contribution is 7.92. The molecule has 1 aromatic heterocycles. The maximum atomic E-state index is 12.5. The number of anilines is 2. The van der Waals surface area contributed by atoms with Crippen molar-refractivity contribution in [2.45, 2.75) is 11.9 Å². The minimum atomic E-state index is -3.79. The van der Waals surface area contributed by atoms with E-state index in [0.29, 0.717) is 42.7 Å². The summed E-state index contributed by atoms with van der Waals surface area (Å²) >= 11 is 6.04. The van der Waals surface area contributed by atoms with Crippen LogP contribution < -0.4 is 9.62 Å². The van der Waals surface area contributed by atoms with E-state index in [9.17, 15) is 8.42 Å². The Balaban J connectivity index is 1.96. The van der Waals surface area contributed by atoms with Crippen LogP contribution in [-0.4, -0.2) is 44.7 Å². The fraction of sp³-hybridized carbons (Fsp3) is 0.357. The molecule has 2 aromatic rings. The van der Waals surface area contributed by atoms with Crippen molar-refractivity contribution in [2.75, 3.05) is 35.9 Å². The lowest BCUT2D eigenvalue weighted by Crippen LogP contribution is -2.36. The van der Waals surface area contributed by atoms with Gasteiger partial charge >= 0.3 is 0 Å². The van der Waals surface area contributed by atoms with Gasteiger partial charge in [0, 0.05) is 18.1 Å². The molecule has 0 unspecified atom stereocenters. The number of ether oxygens (including phenoxy) is 1. The Kier molecular flexibility index (Phi) is 4.47. The van der Waals surface area contributed by atoms with Gasteiger partial charge in [0.1, 0.15) is 0 Å². The molecule has 2 N–H and O–H groups in total. The van der Waals surface area contributed by atoms with Crippen LogP contribution >= 0.6 is 11.6 Å². The molecule has 3 rings (SSSR count). The van der Waals surface area contributed by atoms with Gasteiger partial charge in [0.05, 0.1) is 36.6 Å². The minimum absolute atomic E-state index is 0.0228. The van der Waals surface area contributed by atoms with Crippen LogP contribution in [0.15, 0.2) is 29.6 Å². The summed E-state index contributed by atoms with van der Waals surface area (Å²) in [5.41, 5.74) is 1.68. The van der Waals surface area contributed by atoms with E-state index in [1.807, 2.05) is 6.07 Å². The number of nitrogens with one attached hydrogen (secondary N) is 2. The van der Waals surface area contributed by atoms with E-state index < -0.39 is 10.0 Å². The fourth-order valence-corrected chi connectivity index (χ4v) is 3.86. The van der Waals surface area contributed by atoms with Crippen LogP contribution in [0.1, 0.15) is 5.69 Å². The fourth-order valence-electron chi connectivity index (χ4n) is 2.48. The summed E-state index contributed by atoms with van der Waals surface area (Å²) < 4.78 is 33.0. The van der Waals surface area contributed by atoms with Crippen LogP contribution in [-0.2, 0) is 14.8 Å². The average molecular weight is 357 g/mol. The smallest absolute Gasteiger partial charge is 0.281 e. The van der Waals surface area contributed by atoms with Crippen molar-refractivity contribution in [3.8, 4) is 0 Å². The molecule has 124 valence electrons. The molecule has 9 heteroatoms. The van der Waals surface area contributed by atoms with Gasteiger partial charge in [-0.2, -0.15) is 8.42 Å². The zero-order valence-electron chi connectivity index (χ0n) is 12.5. The van der Waals surface area contributed by atoms with E-state index in [1.165, 1.54) is 6.33 Å². The van der Waals surface area contributed by atoms with Gasteiger partial charge in [0.2, 0.25) is 0 Å². The number of aromatic nitrogens is 2. The second kappa shape index (κ2) is 6.38. The second-order valence-corrected chi connectivity index (χ2v) is 7.23. The predicted molar refractivity (Wildman–Crippen MR) is 88.6 cm³/mol. The Bertz CT molecular complexity index is 800. The number of hydrogen-bond donors (Lipinski definition) is 2. The van der Waals surface area contributed by atoms with E-state index in [1.54, 1.807) is 19.1 Å². The molecule has 0 amide bonds. The lowest BCUT2D eigenvalue weighted by Gasteiger charge is -2.30. The van der Waals surface area contributed by atoms with Crippen molar-refractivity contribution in [3.05, 3.63) is 35.2 Å². The molecule has 23 heavy (non-hydrogen) atoms. The van der Waals surface area contributed by atoms with Gasteiger partial charge < -0.3 is 14.6 Å². The number of morpholine rings is 1. The van der Waals surface area contributed by atoms with Crippen molar-refractivity contribution in [1.82, 2.24) is 9.97 Å². The quantitative estimate of drug-likeness (QED) is 0.875. The SMILES string of the molecule is Cc1[nH]cnc1S(=O)(=O)Nc1cc(Cl)ccc1N1CCOCC1. The standard InChI is InChI=1S/C14H17ClN4O3S/c1-10-14(17-9-16-10)23(20,21)18-12-8-11(15)2-3-13(12)19-4-6-22-7-5-19/h2-3,8-9,18H,4-7H2,1H3,(H,16,17). The molecular formula is C14H17ClN4O3S. The van der Waals surface area contributed by atoms with Crippen molar-refractivity contribution in [3.63, 3.8) is 0 Å². The normalized spacial score (nSPS) is 15.7. The Morgan fingerprint density at radius 1 is 1.35 bits per heavy atom. The summed E-state index contributed by atoms with van der Waals surface area (Å²) in [5, 5.41) is 0.434. The van der Waals surface area contributed by atoms with E-state index in [4.69, 9.17) is 16.3 Å². The van der Waals surface area contributed by atoms with Gasteiger partial charge in [-0.1, -0.05) is 11.6 Å². The number of benzene rings is 1. The number of H-pyrrole nitrogens is 1. The largest absolute Gasteiger partial charge is 0.378 e. The number of halogens is 1. The van der Waals surface area contributed by atoms with E-state index in [0.717, 1.165) is 5.69 Å². The third kappa shape index (κ3) is 3.44. The first-order chi connectivity index (χ1) is 11.0. The van der Waals surface area contributed by atoms with Crippen LogP contribution in [0.2, 0.25) is 5.02 Å². The van der Waals surface area contributed by atoms with Crippen LogP contribution in [0.3, 0.4) is 0 Å². The second-order valence-electron chi connectivity index (χ2n) is 5.20. The zero-order chi connectivity index (χ0) is 16.4. The van der Waals surface area contributed by atoms with Gasteiger partial charge in [-0.15, -0.1) is 0 Å². The molecule has 0 radical (unpaired) electrons. The topological polar surface area (TPSA) is 87.3 Å². The highest BCUT2D eigenvalue weighted by Gasteiger charge is 2.23. The molecule has 1 aliphatic heterocycles. The number of aryl methyl sites for hydroxylation is 1. The van der Waals surface area contributed by atoms with Gasteiger partial charge in [0.15, 0.2) is 5.03 Å². The molecule has 0 saturated carbocycles. The molecule has 0 atom stereocenters. The molecule has 0 bridgehead atoms. The van der Waals surface area contributed by atoms with E-state index in [2.05, 4.69) is 19.6 Å². The number of rotatable bonds is 4. The van der Waals surface area contributed by atoms with Gasteiger partial charge in [-0.3, -0.25) is 4.72 Å². The summed E-state index contributed by atoms with van der Waals surface area (Å²) in [6.07, 6.45) is 1.35. The maximum Gasteiger partial charge on any atom is 0.281 e. The Morgan fingerprint density at radius 2 is 2.09 bits per heavy atom. The molecule has 2 heterocycles. The lowest BCUT2D eigenvalue weighted by atomic mass is 10.2. The molecule has 0 spiro atoms. The van der Waals surface area contributed by atoms with Crippen molar-refractivity contribution in [1.29, 1.82) is 0 Å². The molecule has 1 aromatic carbocycles. The van der Waals surface area contributed by atoms with Gasteiger partial charge in [0.25, 0.3) is 10.0 Å². The zero-order valence-corrected chi connectivity index (χ0v) is 14.1. The Morgan fingerprint density at radius 3 is 2.74 bits per heavy atom. The molecular weight excluding hydrogens is 340 g/mol. The summed E-state index contributed by atoms with van der Waals surface area (Å²) in [5.74, 6) is 0. The summed E-state index contributed by atoms with van der Waals surface area (Å²) in [7, 11) is -3.79. The third-order valence-corrected chi connectivity index (χ3v) is 5.24. The van der Waals surface area contributed by atoms with Crippen LogP contribution in [0.5, 0.6) is 0 Å². The first-order valence-electron chi connectivity index (χ1n) is 7.12. The summed E-state index contributed by atoms with van der Waals surface area (Å²) in [4.78, 5) is 8.71. The molecule has 0 aliphatic carbocycles. The van der Waals surface area contributed by atoms with E-state index in [-0.39, 0.29) is 5.03 Å². The van der Waals surface area contributed by atoms with Crippen LogP contribution in [0.25, 0.3) is 0 Å². The van der Waals surface area contributed by atoms with Crippen molar-refractivity contribution in [2.24, 2.45) is 0 Å². The summed E-state index contributed by atoms with van der Waals surface area (Å²) in [6, 6.07) is 5.15. The van der Waals surface area contributed by atoms with Crippen molar-refractivity contribution >= 4 is 33.0 Å².